The van der Waals surface area contributed by atoms with Crippen LogP contribution in [0.4, 0.5) is 24.5 Å². The minimum Gasteiger partial charge on any atom is -0.497 e. The van der Waals surface area contributed by atoms with Crippen molar-refractivity contribution in [3.8, 4) is 17.2 Å². The van der Waals surface area contributed by atoms with Crippen molar-refractivity contribution in [3.63, 3.8) is 0 Å². The number of ether oxygens (including phenoxy) is 3. The van der Waals surface area contributed by atoms with Gasteiger partial charge in [0.1, 0.15) is 23.3 Å². The number of fused-ring (bicyclic) bond motifs is 1. The number of nitrogens with one attached hydrogen (secondary N) is 1. The molecule has 12 heteroatoms. The molecule has 1 aliphatic heterocycles. The standard InChI is InChI=1S/C28H26ClF3N2O6.C2H6/c1-38-22-13-20(14-23(15-22)39-12-2-3-25(35)36)33-26(18-4-7-19(29)8-5-18)27(37)34-11-10-17-6-9-21(16-24(17)34)40-28(30,31)32;1-2/h4-9,13-16,26,33H,2-3,10-12H2,1H3,(H,35,36);1-2H3. The van der Waals surface area contributed by atoms with Crippen molar-refractivity contribution in [1.82, 2.24) is 0 Å². The maximum absolute atomic E-state index is 14.0. The number of hydrogen-bond acceptors (Lipinski definition) is 6. The van der Waals surface area contributed by atoms with Crippen molar-refractivity contribution in [2.45, 2.75) is 45.5 Å². The molecule has 0 fully saturated rings. The van der Waals surface area contributed by atoms with E-state index in [1.165, 1.54) is 30.2 Å². The van der Waals surface area contributed by atoms with Gasteiger partial charge in [0, 0.05) is 47.9 Å². The van der Waals surface area contributed by atoms with Crippen LogP contribution in [-0.2, 0) is 16.0 Å². The van der Waals surface area contributed by atoms with Gasteiger partial charge in [0.2, 0.25) is 0 Å². The first kappa shape index (κ1) is 32.4. The number of carboxylic acids is 1. The molecule has 2 N–H and O–H groups in total. The van der Waals surface area contributed by atoms with E-state index < -0.39 is 30.0 Å². The van der Waals surface area contributed by atoms with E-state index in [1.54, 1.807) is 42.5 Å². The lowest BCUT2D eigenvalue weighted by molar-refractivity contribution is -0.274. The number of halogens is 4. The summed E-state index contributed by atoms with van der Waals surface area (Å²) in [7, 11) is 1.47. The van der Waals surface area contributed by atoms with Gasteiger partial charge >= 0.3 is 12.3 Å². The van der Waals surface area contributed by atoms with Crippen LogP contribution in [0.2, 0.25) is 5.02 Å². The number of hydrogen-bond donors (Lipinski definition) is 2. The van der Waals surface area contributed by atoms with Gasteiger partial charge in [-0.25, -0.2) is 0 Å². The fourth-order valence-electron chi connectivity index (χ4n) is 4.32. The topological polar surface area (TPSA) is 97.3 Å². The number of amides is 1. The molecule has 0 saturated carbocycles. The number of carbonyl (C=O) groups excluding carboxylic acids is 1. The molecule has 0 aliphatic carbocycles. The third kappa shape index (κ3) is 8.94. The zero-order valence-corrected chi connectivity index (χ0v) is 24.1. The molecule has 3 aromatic rings. The first-order valence-corrected chi connectivity index (χ1v) is 13.7. The molecule has 1 unspecified atom stereocenters. The Hall–Kier alpha value is -4.12. The first-order chi connectivity index (χ1) is 20.0. The van der Waals surface area contributed by atoms with Crippen molar-refractivity contribution < 1.29 is 42.1 Å². The molecule has 42 heavy (non-hydrogen) atoms. The van der Waals surface area contributed by atoms with Gasteiger partial charge in [0.15, 0.2) is 0 Å². The number of carboxylic acid groups (broad SMARTS) is 1. The number of alkyl halides is 3. The van der Waals surface area contributed by atoms with Gasteiger partial charge in [-0.05, 0) is 42.2 Å². The van der Waals surface area contributed by atoms with Gasteiger partial charge in [-0.2, -0.15) is 0 Å². The molecule has 0 aromatic heterocycles. The molecule has 1 amide bonds. The Morgan fingerprint density at radius 1 is 1.02 bits per heavy atom. The zero-order chi connectivity index (χ0) is 30.9. The van der Waals surface area contributed by atoms with Crippen LogP contribution in [0.5, 0.6) is 17.2 Å². The van der Waals surface area contributed by atoms with E-state index in [9.17, 15) is 22.8 Å². The van der Waals surface area contributed by atoms with Crippen molar-refractivity contribution >= 4 is 34.9 Å². The van der Waals surface area contributed by atoms with Crippen LogP contribution in [0.25, 0.3) is 0 Å². The predicted octanol–water partition coefficient (Wildman–Crippen LogP) is 7.26. The fraction of sp³-hybridized carbons (Fsp3) is 0.333. The summed E-state index contributed by atoms with van der Waals surface area (Å²) >= 11 is 6.07. The van der Waals surface area contributed by atoms with Gasteiger partial charge < -0.3 is 29.5 Å². The zero-order valence-electron chi connectivity index (χ0n) is 23.3. The van der Waals surface area contributed by atoms with E-state index in [0.717, 1.165) is 5.56 Å². The molecule has 226 valence electrons. The number of carbonyl (C=O) groups is 2. The van der Waals surface area contributed by atoms with E-state index >= 15 is 0 Å². The lowest BCUT2D eigenvalue weighted by Gasteiger charge is -2.26. The molecule has 3 aromatic carbocycles. The van der Waals surface area contributed by atoms with E-state index in [4.69, 9.17) is 26.2 Å². The molecule has 8 nitrogen and oxygen atoms in total. The summed E-state index contributed by atoms with van der Waals surface area (Å²) in [6.45, 7) is 4.43. The summed E-state index contributed by atoms with van der Waals surface area (Å²) < 4.78 is 53.6. The van der Waals surface area contributed by atoms with Crippen LogP contribution in [0.15, 0.2) is 60.7 Å². The number of benzene rings is 3. The van der Waals surface area contributed by atoms with Crippen molar-refractivity contribution in [2.75, 3.05) is 30.5 Å². The average molecular weight is 609 g/mol. The molecule has 1 atom stereocenters. The molecule has 1 aliphatic rings. The van der Waals surface area contributed by atoms with Crippen LogP contribution in [-0.4, -0.2) is 43.6 Å². The number of anilines is 2. The molecule has 0 radical (unpaired) electrons. The van der Waals surface area contributed by atoms with Crippen LogP contribution < -0.4 is 24.4 Å². The summed E-state index contributed by atoms with van der Waals surface area (Å²) in [6.07, 6.45) is -4.14. The molecule has 4 rings (SSSR count). The van der Waals surface area contributed by atoms with Gasteiger partial charge in [0.25, 0.3) is 5.91 Å². The highest BCUT2D eigenvalue weighted by Crippen LogP contribution is 2.37. The summed E-state index contributed by atoms with van der Waals surface area (Å²) in [5.41, 5.74) is 2.09. The number of rotatable bonds is 11. The van der Waals surface area contributed by atoms with Crippen molar-refractivity contribution in [1.29, 1.82) is 0 Å². The Bertz CT molecular complexity index is 1370. The second-order valence-corrected chi connectivity index (χ2v) is 9.39. The first-order valence-electron chi connectivity index (χ1n) is 13.3. The summed E-state index contributed by atoms with van der Waals surface area (Å²) in [6, 6.07) is 14.6. The van der Waals surface area contributed by atoms with E-state index in [0.29, 0.717) is 46.3 Å². The highest BCUT2D eigenvalue weighted by molar-refractivity contribution is 6.30. The Kier molecular flexibility index (Phi) is 11.3. The van der Waals surface area contributed by atoms with E-state index in [1.807, 2.05) is 13.8 Å². The summed E-state index contributed by atoms with van der Waals surface area (Å²) in [4.78, 5) is 26.2. The van der Waals surface area contributed by atoms with E-state index in [-0.39, 0.29) is 19.6 Å². The maximum atomic E-state index is 14.0. The Morgan fingerprint density at radius 2 is 1.71 bits per heavy atom. The second kappa shape index (κ2) is 14.7. The van der Waals surface area contributed by atoms with E-state index in [2.05, 4.69) is 10.1 Å². The average Bonchev–Trinajstić information content (AvgIpc) is 3.37. The SMILES string of the molecule is CC.COc1cc(NC(C(=O)N2CCc3ccc(OC(F)(F)F)cc32)c2ccc(Cl)cc2)cc(OCCCC(=O)O)c1. The van der Waals surface area contributed by atoms with Gasteiger partial charge in [0.05, 0.1) is 19.4 Å². The summed E-state index contributed by atoms with van der Waals surface area (Å²) in [5, 5.41) is 12.5. The Morgan fingerprint density at radius 3 is 2.36 bits per heavy atom. The molecule has 0 bridgehead atoms. The van der Waals surface area contributed by atoms with Crippen LogP contribution in [0, 0.1) is 0 Å². The van der Waals surface area contributed by atoms with Crippen LogP contribution in [0.1, 0.15) is 43.9 Å². The molecular formula is C30H32ClF3N2O6. The largest absolute Gasteiger partial charge is 0.573 e. The predicted molar refractivity (Wildman–Crippen MR) is 154 cm³/mol. The lowest BCUT2D eigenvalue weighted by atomic mass is 10.0. The number of nitrogens with zero attached hydrogens (tertiary/aromatic N) is 1. The highest BCUT2D eigenvalue weighted by Gasteiger charge is 2.34. The summed E-state index contributed by atoms with van der Waals surface area (Å²) in [5.74, 6) is -0.922. The Labute approximate surface area is 246 Å². The molecule has 0 spiro atoms. The van der Waals surface area contributed by atoms with Gasteiger partial charge in [-0.15, -0.1) is 13.2 Å². The maximum Gasteiger partial charge on any atom is 0.573 e. The molecule has 1 heterocycles. The quantitative estimate of drug-likeness (QED) is 0.221. The van der Waals surface area contributed by atoms with Crippen LogP contribution in [0.3, 0.4) is 0 Å². The molecular weight excluding hydrogens is 577 g/mol. The Balaban J connectivity index is 0.00000237. The smallest absolute Gasteiger partial charge is 0.497 e. The second-order valence-electron chi connectivity index (χ2n) is 8.95. The monoisotopic (exact) mass is 608 g/mol. The highest BCUT2D eigenvalue weighted by atomic mass is 35.5. The minimum absolute atomic E-state index is 0.0464. The van der Waals surface area contributed by atoms with Crippen molar-refractivity contribution in [2.24, 2.45) is 0 Å². The van der Waals surface area contributed by atoms with Crippen molar-refractivity contribution in [3.05, 3.63) is 76.8 Å². The van der Waals surface area contributed by atoms with Gasteiger partial charge in [-0.3, -0.25) is 9.59 Å². The number of methoxy groups -OCH3 is 1. The third-order valence-electron chi connectivity index (χ3n) is 6.13. The number of aliphatic carboxylic acids is 1. The third-order valence-corrected chi connectivity index (χ3v) is 6.38. The molecule has 0 saturated heterocycles. The fourth-order valence-corrected chi connectivity index (χ4v) is 4.45. The minimum atomic E-state index is -4.87. The normalized spacial score (nSPS) is 12.9. The van der Waals surface area contributed by atoms with Gasteiger partial charge in [-0.1, -0.05) is 43.6 Å². The van der Waals surface area contributed by atoms with Crippen LogP contribution >= 0.6 is 11.6 Å². The lowest BCUT2D eigenvalue weighted by Crippen LogP contribution is -2.37.